The van der Waals surface area contributed by atoms with Crippen molar-refractivity contribution in [1.29, 1.82) is 0 Å². The largest absolute Gasteiger partial charge is 0.491 e. The van der Waals surface area contributed by atoms with Crippen LogP contribution < -0.4 is 25.4 Å². The van der Waals surface area contributed by atoms with E-state index in [0.29, 0.717) is 22.9 Å². The van der Waals surface area contributed by atoms with Gasteiger partial charge in [0.05, 0.1) is 18.5 Å². The first-order valence-electron chi connectivity index (χ1n) is 8.84. The van der Waals surface area contributed by atoms with Gasteiger partial charge in [0, 0.05) is 17.6 Å². The summed E-state index contributed by atoms with van der Waals surface area (Å²) in [5, 5.41) is 17.8. The molecule has 3 aromatic rings. The van der Waals surface area contributed by atoms with Gasteiger partial charge in [-0.25, -0.2) is 9.37 Å². The summed E-state index contributed by atoms with van der Waals surface area (Å²) < 4.78 is 24.9. The van der Waals surface area contributed by atoms with Crippen LogP contribution in [0.2, 0.25) is 0 Å². The zero-order chi connectivity index (χ0) is 20.1. The van der Waals surface area contributed by atoms with Gasteiger partial charge < -0.3 is 30.5 Å². The Hall–Kier alpha value is -3.85. The molecule has 0 amide bonds. The van der Waals surface area contributed by atoms with Gasteiger partial charge in [0.2, 0.25) is 5.95 Å². The van der Waals surface area contributed by atoms with Gasteiger partial charge in [-0.1, -0.05) is 0 Å². The molecule has 0 saturated heterocycles. The van der Waals surface area contributed by atoms with Crippen molar-refractivity contribution in [1.82, 2.24) is 9.97 Å². The lowest BCUT2D eigenvalue weighted by molar-refractivity contribution is 0.201. The van der Waals surface area contributed by atoms with Crippen LogP contribution in [0.3, 0.4) is 0 Å². The van der Waals surface area contributed by atoms with Crippen LogP contribution in [0, 0.1) is 5.82 Å². The van der Waals surface area contributed by atoms with Crippen molar-refractivity contribution in [2.45, 2.75) is 0 Å². The van der Waals surface area contributed by atoms with Gasteiger partial charge >= 0.3 is 0 Å². The van der Waals surface area contributed by atoms with Gasteiger partial charge in [0.15, 0.2) is 11.6 Å². The van der Waals surface area contributed by atoms with Crippen LogP contribution in [0.1, 0.15) is 0 Å². The first-order valence-corrected chi connectivity index (χ1v) is 8.84. The molecule has 4 N–H and O–H groups in total. The van der Waals surface area contributed by atoms with Gasteiger partial charge in [0.25, 0.3) is 0 Å². The topological polar surface area (TPSA) is 101 Å². The maximum atomic E-state index is 14.2. The number of hydrogen-bond donors (Lipinski definition) is 4. The number of aliphatic hydroxyl groups excluding tert-OH is 1. The number of aromatic nitrogens is 2. The molecular formula is C20H18FN5O3. The average molecular weight is 395 g/mol. The number of halogens is 1. The Morgan fingerprint density at radius 3 is 2.76 bits per heavy atom. The highest BCUT2D eigenvalue weighted by atomic mass is 19.1. The smallest absolute Gasteiger partial charge is 0.229 e. The fourth-order valence-corrected chi connectivity index (χ4v) is 2.63. The number of aliphatic hydroxyl groups is 1. The number of nitrogens with one attached hydrogen (secondary N) is 3. The SMILES string of the molecule is OCCOc1ccc(Nc2ncc(F)c(Nc3ccc4c(c3)NC=CO4)n2)cc1. The summed E-state index contributed by atoms with van der Waals surface area (Å²) in [6.07, 6.45) is 4.31. The van der Waals surface area contributed by atoms with Crippen LogP contribution in [-0.2, 0) is 0 Å². The molecular weight excluding hydrogens is 377 g/mol. The Morgan fingerprint density at radius 1 is 1.10 bits per heavy atom. The standard InChI is InChI=1S/C20H18FN5O3/c21-16-12-23-20(25-13-1-4-15(5-2-13)28-10-8-27)26-19(16)24-14-3-6-18-17(11-14)22-7-9-29-18/h1-7,9,11-12,22,27H,8,10H2,(H2,23,24,25,26). The van der Waals surface area contributed by atoms with Crippen molar-refractivity contribution in [2.75, 3.05) is 29.2 Å². The maximum Gasteiger partial charge on any atom is 0.229 e. The van der Waals surface area contributed by atoms with Crippen molar-refractivity contribution < 1.29 is 19.0 Å². The summed E-state index contributed by atoms with van der Waals surface area (Å²) in [5.41, 5.74) is 2.11. The third-order valence-corrected chi connectivity index (χ3v) is 3.96. The van der Waals surface area contributed by atoms with E-state index in [9.17, 15) is 4.39 Å². The lowest BCUT2D eigenvalue weighted by atomic mass is 10.2. The molecule has 1 aromatic heterocycles. The second-order valence-electron chi connectivity index (χ2n) is 6.01. The van der Waals surface area contributed by atoms with E-state index in [1.54, 1.807) is 54.9 Å². The van der Waals surface area contributed by atoms with Crippen LogP contribution in [0.15, 0.2) is 61.1 Å². The normalized spacial score (nSPS) is 11.8. The minimum Gasteiger partial charge on any atom is -0.491 e. The number of anilines is 5. The molecule has 1 aliphatic rings. The first kappa shape index (κ1) is 18.5. The average Bonchev–Trinajstić information content (AvgIpc) is 2.75. The number of hydrogen-bond acceptors (Lipinski definition) is 8. The van der Waals surface area contributed by atoms with Crippen molar-refractivity contribution >= 4 is 28.8 Å². The molecule has 0 atom stereocenters. The highest BCUT2D eigenvalue weighted by molar-refractivity contribution is 5.70. The van der Waals surface area contributed by atoms with Crippen LogP contribution in [0.25, 0.3) is 0 Å². The van der Waals surface area contributed by atoms with Crippen molar-refractivity contribution in [3.8, 4) is 11.5 Å². The molecule has 0 aliphatic carbocycles. The monoisotopic (exact) mass is 395 g/mol. The highest BCUT2D eigenvalue weighted by Gasteiger charge is 2.11. The van der Waals surface area contributed by atoms with Crippen molar-refractivity contribution in [2.24, 2.45) is 0 Å². The van der Waals surface area contributed by atoms with Crippen LogP contribution in [-0.4, -0.2) is 28.3 Å². The molecule has 148 valence electrons. The second kappa shape index (κ2) is 8.44. The highest BCUT2D eigenvalue weighted by Crippen LogP contribution is 2.32. The maximum absolute atomic E-state index is 14.2. The Kier molecular flexibility index (Phi) is 5.39. The molecule has 4 rings (SSSR count). The van der Waals surface area contributed by atoms with Crippen molar-refractivity contribution in [3.05, 3.63) is 66.9 Å². The van der Waals surface area contributed by atoms with E-state index in [2.05, 4.69) is 25.9 Å². The van der Waals surface area contributed by atoms with Gasteiger partial charge in [-0.2, -0.15) is 4.98 Å². The second-order valence-corrected chi connectivity index (χ2v) is 6.01. The summed E-state index contributed by atoms with van der Waals surface area (Å²) in [6.45, 7) is 0.173. The summed E-state index contributed by atoms with van der Waals surface area (Å²) in [6, 6.07) is 12.4. The minimum absolute atomic E-state index is 0.0395. The number of fused-ring (bicyclic) bond motifs is 1. The van der Waals surface area contributed by atoms with Gasteiger partial charge in [-0.15, -0.1) is 0 Å². The van der Waals surface area contributed by atoms with Gasteiger partial charge in [-0.3, -0.25) is 0 Å². The molecule has 0 fully saturated rings. The lowest BCUT2D eigenvalue weighted by Gasteiger charge is -2.15. The summed E-state index contributed by atoms with van der Waals surface area (Å²) >= 11 is 0. The Morgan fingerprint density at radius 2 is 1.93 bits per heavy atom. The molecule has 9 heteroatoms. The molecule has 8 nitrogen and oxygen atoms in total. The van der Waals surface area contributed by atoms with Crippen molar-refractivity contribution in [3.63, 3.8) is 0 Å². The van der Waals surface area contributed by atoms with E-state index in [1.807, 2.05) is 0 Å². The predicted molar refractivity (Wildman–Crippen MR) is 107 cm³/mol. The molecule has 29 heavy (non-hydrogen) atoms. The molecule has 0 saturated carbocycles. The van der Waals surface area contributed by atoms with E-state index in [-0.39, 0.29) is 25.0 Å². The third-order valence-electron chi connectivity index (χ3n) is 3.96. The first-order chi connectivity index (χ1) is 14.2. The Bertz CT molecular complexity index is 1030. The van der Waals surface area contributed by atoms with Crippen LogP contribution >= 0.6 is 0 Å². The molecule has 0 bridgehead atoms. The molecule has 0 unspecified atom stereocenters. The summed E-state index contributed by atoms with van der Waals surface area (Å²) in [7, 11) is 0. The Labute approximate surface area is 166 Å². The lowest BCUT2D eigenvalue weighted by Crippen LogP contribution is -2.05. The zero-order valence-corrected chi connectivity index (χ0v) is 15.2. The molecule has 2 heterocycles. The molecule has 0 spiro atoms. The third kappa shape index (κ3) is 4.53. The zero-order valence-electron chi connectivity index (χ0n) is 15.2. The Balaban J connectivity index is 1.48. The summed E-state index contributed by atoms with van der Waals surface area (Å²) in [5.74, 6) is 1.00. The van der Waals surface area contributed by atoms with Gasteiger partial charge in [-0.05, 0) is 42.5 Å². The molecule has 2 aromatic carbocycles. The van der Waals surface area contributed by atoms with Gasteiger partial charge in [0.1, 0.15) is 24.4 Å². The number of rotatable bonds is 7. The quantitative estimate of drug-likeness (QED) is 0.480. The fraction of sp³-hybridized carbons (Fsp3) is 0.100. The van der Waals surface area contributed by atoms with E-state index < -0.39 is 5.82 Å². The van der Waals surface area contributed by atoms with Crippen LogP contribution in [0.5, 0.6) is 11.5 Å². The number of nitrogens with zero attached hydrogens (tertiary/aromatic N) is 2. The summed E-state index contributed by atoms with van der Waals surface area (Å²) in [4.78, 5) is 8.18. The molecule has 1 aliphatic heterocycles. The van der Waals surface area contributed by atoms with E-state index >= 15 is 0 Å². The van der Waals surface area contributed by atoms with E-state index in [4.69, 9.17) is 14.6 Å². The predicted octanol–water partition coefficient (Wildman–Crippen LogP) is 3.75. The fourth-order valence-electron chi connectivity index (χ4n) is 2.63. The van der Waals surface area contributed by atoms with Crippen LogP contribution in [0.4, 0.5) is 33.2 Å². The van der Waals surface area contributed by atoms with E-state index in [1.165, 1.54) is 0 Å². The number of benzene rings is 2. The number of ether oxygens (including phenoxy) is 2. The molecule has 0 radical (unpaired) electrons. The minimum atomic E-state index is -0.579. The van der Waals surface area contributed by atoms with E-state index in [0.717, 1.165) is 11.9 Å².